The summed E-state index contributed by atoms with van der Waals surface area (Å²) in [4.78, 5) is 26.9. The lowest BCUT2D eigenvalue weighted by atomic mass is 10.0. The van der Waals surface area contributed by atoms with Gasteiger partial charge in [0.05, 0.1) is 12.6 Å². The molecule has 0 spiro atoms. The van der Waals surface area contributed by atoms with Gasteiger partial charge in [-0.05, 0) is 18.8 Å². The van der Waals surface area contributed by atoms with Crippen LogP contribution in [0.1, 0.15) is 26.7 Å². The summed E-state index contributed by atoms with van der Waals surface area (Å²) >= 11 is 0. The number of hydrogen-bond acceptors (Lipinski definition) is 4. The van der Waals surface area contributed by atoms with Crippen molar-refractivity contribution in [1.29, 1.82) is 0 Å². The summed E-state index contributed by atoms with van der Waals surface area (Å²) in [7, 11) is 0. The fourth-order valence-electron chi connectivity index (χ4n) is 2.41. The molecule has 1 rings (SSSR count). The van der Waals surface area contributed by atoms with Gasteiger partial charge in [0.1, 0.15) is 0 Å². The molecule has 4 N–H and O–H groups in total. The van der Waals surface area contributed by atoms with Crippen LogP contribution in [0.3, 0.4) is 0 Å². The Morgan fingerprint density at radius 3 is 2.42 bits per heavy atom. The summed E-state index contributed by atoms with van der Waals surface area (Å²) in [5.74, 6) is 0.114. The molecule has 0 aliphatic carbocycles. The first kappa shape index (κ1) is 15.9. The van der Waals surface area contributed by atoms with E-state index in [4.69, 9.17) is 11.5 Å². The molecule has 1 unspecified atom stereocenters. The average molecular weight is 270 g/mol. The van der Waals surface area contributed by atoms with E-state index in [9.17, 15) is 9.59 Å². The van der Waals surface area contributed by atoms with Gasteiger partial charge in [0.15, 0.2) is 0 Å². The smallest absolute Gasteiger partial charge is 0.239 e. The number of primary amides is 1. The van der Waals surface area contributed by atoms with Crippen LogP contribution in [0, 0.1) is 5.92 Å². The van der Waals surface area contributed by atoms with Crippen LogP contribution < -0.4 is 11.5 Å². The standard InChI is InChI=1S/C13H26N4O2/c1-10(2)8-11(14)13(19)17-5-3-4-16(6-7-17)9-12(15)18/h10-11H,3-9,14H2,1-2H3,(H2,15,18). The Kier molecular flexibility index (Phi) is 6.24. The molecular formula is C13H26N4O2. The van der Waals surface area contributed by atoms with Crippen LogP contribution in [0.25, 0.3) is 0 Å². The van der Waals surface area contributed by atoms with Crippen LogP contribution in [0.15, 0.2) is 0 Å². The van der Waals surface area contributed by atoms with E-state index >= 15 is 0 Å². The summed E-state index contributed by atoms with van der Waals surface area (Å²) in [5, 5.41) is 0. The van der Waals surface area contributed by atoms with Crippen molar-refractivity contribution in [2.24, 2.45) is 17.4 Å². The Labute approximate surface area is 115 Å². The first-order valence-electron chi connectivity index (χ1n) is 6.95. The summed E-state index contributed by atoms with van der Waals surface area (Å²) in [5.41, 5.74) is 11.1. The molecule has 1 aliphatic rings. The molecule has 0 bridgehead atoms. The summed E-state index contributed by atoms with van der Waals surface area (Å²) < 4.78 is 0. The topological polar surface area (TPSA) is 92.7 Å². The van der Waals surface area contributed by atoms with Crippen molar-refractivity contribution in [1.82, 2.24) is 9.80 Å². The number of hydrogen-bond donors (Lipinski definition) is 2. The van der Waals surface area contributed by atoms with Crippen LogP contribution in [-0.4, -0.2) is 60.4 Å². The molecule has 1 atom stereocenters. The third-order valence-corrected chi connectivity index (χ3v) is 3.32. The summed E-state index contributed by atoms with van der Waals surface area (Å²) in [6.07, 6.45) is 1.56. The van der Waals surface area contributed by atoms with E-state index in [2.05, 4.69) is 13.8 Å². The minimum absolute atomic E-state index is 0.0228. The van der Waals surface area contributed by atoms with Gasteiger partial charge in [-0.25, -0.2) is 0 Å². The van der Waals surface area contributed by atoms with Crippen LogP contribution in [0.4, 0.5) is 0 Å². The molecule has 0 aromatic carbocycles. The van der Waals surface area contributed by atoms with Gasteiger partial charge in [-0.1, -0.05) is 13.8 Å². The van der Waals surface area contributed by atoms with E-state index in [1.807, 2.05) is 9.80 Å². The maximum atomic E-state index is 12.2. The number of carbonyl (C=O) groups excluding carboxylic acids is 2. The molecule has 2 amide bonds. The van der Waals surface area contributed by atoms with E-state index in [1.165, 1.54) is 0 Å². The first-order chi connectivity index (χ1) is 8.90. The lowest BCUT2D eigenvalue weighted by Crippen LogP contribution is -2.46. The fourth-order valence-corrected chi connectivity index (χ4v) is 2.41. The van der Waals surface area contributed by atoms with Crippen molar-refractivity contribution in [2.75, 3.05) is 32.7 Å². The minimum atomic E-state index is -0.414. The van der Waals surface area contributed by atoms with Gasteiger partial charge in [-0.2, -0.15) is 0 Å². The van der Waals surface area contributed by atoms with E-state index < -0.39 is 6.04 Å². The highest BCUT2D eigenvalue weighted by molar-refractivity contribution is 5.81. The zero-order valence-electron chi connectivity index (χ0n) is 12.0. The Balaban J connectivity index is 2.47. The Bertz CT molecular complexity index is 320. The zero-order chi connectivity index (χ0) is 14.4. The number of amides is 2. The monoisotopic (exact) mass is 270 g/mol. The van der Waals surface area contributed by atoms with Crippen molar-refractivity contribution in [3.63, 3.8) is 0 Å². The molecule has 110 valence electrons. The minimum Gasteiger partial charge on any atom is -0.369 e. The summed E-state index contributed by atoms with van der Waals surface area (Å²) in [6.45, 7) is 7.20. The average Bonchev–Trinajstić information content (AvgIpc) is 2.52. The molecule has 1 aliphatic heterocycles. The van der Waals surface area contributed by atoms with Crippen molar-refractivity contribution in [3.05, 3.63) is 0 Å². The van der Waals surface area contributed by atoms with E-state index in [0.717, 1.165) is 13.0 Å². The van der Waals surface area contributed by atoms with E-state index in [0.29, 0.717) is 32.0 Å². The Hall–Kier alpha value is -1.14. The maximum Gasteiger partial charge on any atom is 0.239 e. The molecule has 0 radical (unpaired) electrons. The molecule has 19 heavy (non-hydrogen) atoms. The molecule has 1 heterocycles. The molecule has 6 heteroatoms. The lowest BCUT2D eigenvalue weighted by molar-refractivity contribution is -0.132. The highest BCUT2D eigenvalue weighted by Gasteiger charge is 2.24. The SMILES string of the molecule is CC(C)CC(N)C(=O)N1CCCN(CC(N)=O)CC1. The van der Waals surface area contributed by atoms with E-state index in [-0.39, 0.29) is 18.4 Å². The van der Waals surface area contributed by atoms with Crippen LogP contribution in [-0.2, 0) is 9.59 Å². The molecule has 0 aromatic rings. The number of rotatable bonds is 5. The Morgan fingerprint density at radius 1 is 1.16 bits per heavy atom. The second-order valence-electron chi connectivity index (χ2n) is 5.66. The van der Waals surface area contributed by atoms with Crippen molar-refractivity contribution in [2.45, 2.75) is 32.7 Å². The van der Waals surface area contributed by atoms with Crippen LogP contribution >= 0.6 is 0 Å². The second-order valence-corrected chi connectivity index (χ2v) is 5.66. The quantitative estimate of drug-likeness (QED) is 0.696. The highest BCUT2D eigenvalue weighted by atomic mass is 16.2. The largest absolute Gasteiger partial charge is 0.369 e. The van der Waals surface area contributed by atoms with Crippen molar-refractivity contribution in [3.8, 4) is 0 Å². The first-order valence-corrected chi connectivity index (χ1v) is 6.95. The molecule has 0 saturated carbocycles. The second kappa shape index (κ2) is 7.45. The van der Waals surface area contributed by atoms with Crippen LogP contribution in [0.2, 0.25) is 0 Å². The predicted molar refractivity (Wildman–Crippen MR) is 74.3 cm³/mol. The van der Waals surface area contributed by atoms with E-state index in [1.54, 1.807) is 0 Å². The normalized spacial score (nSPS) is 19.3. The van der Waals surface area contributed by atoms with Crippen LogP contribution in [0.5, 0.6) is 0 Å². The maximum absolute atomic E-state index is 12.2. The number of nitrogens with zero attached hydrogens (tertiary/aromatic N) is 2. The van der Waals surface area contributed by atoms with Gasteiger partial charge in [0.2, 0.25) is 11.8 Å². The fraction of sp³-hybridized carbons (Fsp3) is 0.846. The van der Waals surface area contributed by atoms with Gasteiger partial charge in [0.25, 0.3) is 0 Å². The number of carbonyl (C=O) groups is 2. The van der Waals surface area contributed by atoms with Gasteiger partial charge < -0.3 is 16.4 Å². The third-order valence-electron chi connectivity index (χ3n) is 3.32. The molecule has 1 fully saturated rings. The van der Waals surface area contributed by atoms with Crippen molar-refractivity contribution < 1.29 is 9.59 Å². The summed E-state index contributed by atoms with van der Waals surface area (Å²) in [6, 6.07) is -0.414. The Morgan fingerprint density at radius 2 is 1.84 bits per heavy atom. The molecular weight excluding hydrogens is 244 g/mol. The zero-order valence-corrected chi connectivity index (χ0v) is 12.0. The third kappa shape index (κ3) is 5.57. The molecule has 6 nitrogen and oxygen atoms in total. The van der Waals surface area contributed by atoms with Gasteiger partial charge in [-0.3, -0.25) is 14.5 Å². The van der Waals surface area contributed by atoms with Gasteiger partial charge >= 0.3 is 0 Å². The van der Waals surface area contributed by atoms with Gasteiger partial charge in [-0.15, -0.1) is 0 Å². The van der Waals surface area contributed by atoms with Gasteiger partial charge in [0, 0.05) is 26.2 Å². The van der Waals surface area contributed by atoms with Crippen molar-refractivity contribution >= 4 is 11.8 Å². The molecule has 0 aromatic heterocycles. The highest BCUT2D eigenvalue weighted by Crippen LogP contribution is 2.09. The predicted octanol–water partition coefficient (Wildman–Crippen LogP) is -0.621. The lowest BCUT2D eigenvalue weighted by Gasteiger charge is -2.25. The number of nitrogens with two attached hydrogens (primary N) is 2. The molecule has 1 saturated heterocycles.